The molecule has 0 radical (unpaired) electrons. The molecule has 1 aromatic heterocycles. The van der Waals surface area contributed by atoms with E-state index in [1.54, 1.807) is 0 Å². The van der Waals surface area contributed by atoms with Gasteiger partial charge in [-0.1, -0.05) is 0 Å². The van der Waals surface area contributed by atoms with Gasteiger partial charge >= 0.3 is 0 Å². The third-order valence-electron chi connectivity index (χ3n) is 4.47. The fourth-order valence-corrected chi connectivity index (χ4v) is 3.38. The molecule has 1 aliphatic heterocycles. The van der Waals surface area contributed by atoms with Crippen molar-refractivity contribution in [2.45, 2.75) is 32.7 Å². The van der Waals surface area contributed by atoms with Gasteiger partial charge in [0.15, 0.2) is 0 Å². The Kier molecular flexibility index (Phi) is 4.55. The van der Waals surface area contributed by atoms with Crippen molar-refractivity contribution < 1.29 is 4.79 Å². The maximum Gasteiger partial charge on any atom is 0.254 e. The molecule has 5 nitrogen and oxygen atoms in total. The van der Waals surface area contributed by atoms with Crippen LogP contribution >= 0.6 is 15.9 Å². The smallest absolute Gasteiger partial charge is 0.254 e. The molecule has 1 saturated heterocycles. The molecule has 2 N–H and O–H groups in total. The number of hydrogen-bond donors (Lipinski definition) is 1. The minimum Gasteiger partial charge on any atom is -0.334 e. The summed E-state index contributed by atoms with van der Waals surface area (Å²) < 4.78 is 2.90. The molecule has 6 heteroatoms. The van der Waals surface area contributed by atoms with Crippen LogP contribution in [0.4, 0.5) is 0 Å². The van der Waals surface area contributed by atoms with Crippen LogP contribution in [0.5, 0.6) is 0 Å². The van der Waals surface area contributed by atoms with Crippen molar-refractivity contribution >= 4 is 21.8 Å². The van der Waals surface area contributed by atoms with Gasteiger partial charge < -0.3 is 10.6 Å². The van der Waals surface area contributed by atoms with E-state index in [0.717, 1.165) is 40.9 Å². The third-order valence-corrected chi connectivity index (χ3v) is 5.62. The standard InChI is InChI=1S/C17H21BrN4O/c1-11-16(18)12(2)22(20-11)14-7-5-13(6-8-14)17(23)21-9-3-4-15(21)10-19/h5-8,15H,3-4,9-10,19H2,1-2H3/t15-/m1/s1. The zero-order chi connectivity index (χ0) is 16.6. The fourth-order valence-electron chi connectivity index (χ4n) is 3.13. The number of benzene rings is 1. The van der Waals surface area contributed by atoms with E-state index in [9.17, 15) is 4.79 Å². The van der Waals surface area contributed by atoms with E-state index in [-0.39, 0.29) is 11.9 Å². The number of hydrogen-bond acceptors (Lipinski definition) is 3. The maximum absolute atomic E-state index is 12.6. The number of nitrogens with two attached hydrogens (primary N) is 1. The molecule has 1 fully saturated rings. The lowest BCUT2D eigenvalue weighted by atomic mass is 10.1. The molecule has 1 amide bonds. The SMILES string of the molecule is Cc1nn(-c2ccc(C(=O)N3CCC[C@@H]3CN)cc2)c(C)c1Br. The third kappa shape index (κ3) is 2.93. The van der Waals surface area contributed by atoms with Crippen LogP contribution < -0.4 is 5.73 Å². The molecule has 0 bridgehead atoms. The summed E-state index contributed by atoms with van der Waals surface area (Å²) in [4.78, 5) is 14.5. The van der Waals surface area contributed by atoms with Crippen molar-refractivity contribution in [3.63, 3.8) is 0 Å². The fraction of sp³-hybridized carbons (Fsp3) is 0.412. The van der Waals surface area contributed by atoms with Crippen LogP contribution in [-0.2, 0) is 0 Å². The predicted octanol–water partition coefficient (Wildman–Crippen LogP) is 2.81. The van der Waals surface area contributed by atoms with Crippen LogP contribution in [0.2, 0.25) is 0 Å². The molecule has 2 aromatic rings. The van der Waals surface area contributed by atoms with Gasteiger partial charge in [0.1, 0.15) is 0 Å². The highest BCUT2D eigenvalue weighted by Gasteiger charge is 2.28. The van der Waals surface area contributed by atoms with Crippen molar-refractivity contribution in [2.75, 3.05) is 13.1 Å². The molecule has 2 heterocycles. The van der Waals surface area contributed by atoms with Crippen LogP contribution in [0.3, 0.4) is 0 Å². The Labute approximate surface area is 144 Å². The van der Waals surface area contributed by atoms with Gasteiger partial charge in [-0.2, -0.15) is 5.10 Å². The van der Waals surface area contributed by atoms with E-state index >= 15 is 0 Å². The molecule has 0 saturated carbocycles. The first-order valence-corrected chi connectivity index (χ1v) is 8.65. The van der Waals surface area contributed by atoms with Crippen molar-refractivity contribution in [3.05, 3.63) is 45.7 Å². The Morgan fingerprint density at radius 2 is 2.04 bits per heavy atom. The van der Waals surface area contributed by atoms with Gasteiger partial charge in [0.25, 0.3) is 5.91 Å². The molecule has 1 atom stereocenters. The van der Waals surface area contributed by atoms with Crippen molar-refractivity contribution in [3.8, 4) is 5.69 Å². The number of carbonyl (C=O) groups excluding carboxylic acids is 1. The van der Waals surface area contributed by atoms with Crippen LogP contribution in [0.15, 0.2) is 28.7 Å². The number of rotatable bonds is 3. The average molecular weight is 377 g/mol. The monoisotopic (exact) mass is 376 g/mol. The summed E-state index contributed by atoms with van der Waals surface area (Å²) in [6.45, 7) is 5.31. The molecule has 23 heavy (non-hydrogen) atoms. The molecule has 1 aliphatic rings. The summed E-state index contributed by atoms with van der Waals surface area (Å²) >= 11 is 3.54. The molecular formula is C17H21BrN4O. The molecular weight excluding hydrogens is 356 g/mol. The second kappa shape index (κ2) is 6.45. The lowest BCUT2D eigenvalue weighted by molar-refractivity contribution is 0.0741. The van der Waals surface area contributed by atoms with Crippen LogP contribution in [0, 0.1) is 13.8 Å². The molecule has 1 aromatic carbocycles. The number of aryl methyl sites for hydroxylation is 1. The highest BCUT2D eigenvalue weighted by atomic mass is 79.9. The average Bonchev–Trinajstić information content (AvgIpc) is 3.15. The summed E-state index contributed by atoms with van der Waals surface area (Å²) in [6, 6.07) is 7.79. The van der Waals surface area contributed by atoms with Crippen LogP contribution in [-0.4, -0.2) is 39.7 Å². The van der Waals surface area contributed by atoms with E-state index in [2.05, 4.69) is 21.0 Å². The highest BCUT2D eigenvalue weighted by Crippen LogP contribution is 2.24. The molecule has 0 aliphatic carbocycles. The van der Waals surface area contributed by atoms with E-state index in [0.29, 0.717) is 12.1 Å². The first-order valence-electron chi connectivity index (χ1n) is 7.86. The first-order chi connectivity index (χ1) is 11.0. The molecule has 0 spiro atoms. The Morgan fingerprint density at radius 3 is 2.61 bits per heavy atom. The van der Waals surface area contributed by atoms with E-state index in [1.807, 2.05) is 47.7 Å². The van der Waals surface area contributed by atoms with Gasteiger partial charge in [0.05, 0.1) is 21.5 Å². The minimum absolute atomic E-state index is 0.0686. The predicted molar refractivity (Wildman–Crippen MR) is 93.9 cm³/mol. The summed E-state index contributed by atoms with van der Waals surface area (Å²) in [6.07, 6.45) is 2.03. The lowest BCUT2D eigenvalue weighted by Gasteiger charge is -2.23. The first kappa shape index (κ1) is 16.2. The van der Waals surface area contributed by atoms with Gasteiger partial charge in [-0.25, -0.2) is 4.68 Å². The normalized spacial score (nSPS) is 17.7. The van der Waals surface area contributed by atoms with Crippen molar-refractivity contribution in [1.29, 1.82) is 0 Å². The Balaban J connectivity index is 1.84. The van der Waals surface area contributed by atoms with E-state index in [4.69, 9.17) is 5.73 Å². The number of nitrogens with zero attached hydrogens (tertiary/aromatic N) is 3. The lowest BCUT2D eigenvalue weighted by Crippen LogP contribution is -2.39. The zero-order valence-corrected chi connectivity index (χ0v) is 15.0. The van der Waals surface area contributed by atoms with E-state index in [1.165, 1.54) is 0 Å². The van der Waals surface area contributed by atoms with Gasteiger partial charge in [-0.15, -0.1) is 0 Å². The molecule has 0 unspecified atom stereocenters. The number of carbonyl (C=O) groups is 1. The number of likely N-dealkylation sites (tertiary alicyclic amines) is 1. The van der Waals surface area contributed by atoms with E-state index < -0.39 is 0 Å². The Morgan fingerprint density at radius 1 is 1.35 bits per heavy atom. The van der Waals surface area contributed by atoms with Gasteiger partial charge in [0.2, 0.25) is 0 Å². The van der Waals surface area contributed by atoms with Gasteiger partial charge in [0, 0.05) is 24.7 Å². The topological polar surface area (TPSA) is 64.2 Å². The number of halogens is 1. The van der Waals surface area contributed by atoms with Crippen LogP contribution in [0.25, 0.3) is 5.69 Å². The van der Waals surface area contributed by atoms with Crippen LogP contribution in [0.1, 0.15) is 34.6 Å². The molecule has 3 rings (SSSR count). The Hall–Kier alpha value is -1.66. The molecule has 122 valence electrons. The second-order valence-corrected chi connectivity index (χ2v) is 6.77. The zero-order valence-electron chi connectivity index (χ0n) is 13.4. The maximum atomic E-state index is 12.6. The summed E-state index contributed by atoms with van der Waals surface area (Å²) in [5, 5.41) is 4.52. The quantitative estimate of drug-likeness (QED) is 0.895. The van der Waals surface area contributed by atoms with Gasteiger partial charge in [-0.3, -0.25) is 4.79 Å². The van der Waals surface area contributed by atoms with Gasteiger partial charge in [-0.05, 0) is 66.9 Å². The summed E-state index contributed by atoms with van der Waals surface area (Å²) in [5.74, 6) is 0.0686. The van der Waals surface area contributed by atoms with Crippen molar-refractivity contribution in [2.24, 2.45) is 5.73 Å². The summed E-state index contributed by atoms with van der Waals surface area (Å²) in [7, 11) is 0. The number of amides is 1. The van der Waals surface area contributed by atoms with Crippen molar-refractivity contribution in [1.82, 2.24) is 14.7 Å². The second-order valence-electron chi connectivity index (χ2n) is 5.97. The highest BCUT2D eigenvalue weighted by molar-refractivity contribution is 9.10. The Bertz CT molecular complexity index is 723. The number of aromatic nitrogens is 2. The summed E-state index contributed by atoms with van der Waals surface area (Å²) in [5.41, 5.74) is 9.41. The minimum atomic E-state index is 0.0686. The largest absolute Gasteiger partial charge is 0.334 e.